The summed E-state index contributed by atoms with van der Waals surface area (Å²) in [6, 6.07) is 11.8. The number of nitrogens with zero attached hydrogens (tertiary/aromatic N) is 6. The van der Waals surface area contributed by atoms with Crippen LogP contribution in [0.4, 0.5) is 11.5 Å². The number of aromatic nitrogens is 7. The zero-order valence-electron chi connectivity index (χ0n) is 20.2. The van der Waals surface area contributed by atoms with E-state index < -0.39 is 0 Å². The molecule has 1 aliphatic rings. The van der Waals surface area contributed by atoms with Gasteiger partial charge in [-0.2, -0.15) is 5.21 Å². The van der Waals surface area contributed by atoms with Crippen molar-refractivity contribution in [2.24, 2.45) is 0 Å². The highest BCUT2D eigenvalue weighted by molar-refractivity contribution is 6.35. The van der Waals surface area contributed by atoms with E-state index in [4.69, 9.17) is 21.1 Å². The molecule has 0 atom stereocenters. The van der Waals surface area contributed by atoms with Gasteiger partial charge in [0.05, 0.1) is 16.2 Å². The number of halogens is 1. The van der Waals surface area contributed by atoms with Crippen molar-refractivity contribution in [2.75, 3.05) is 30.5 Å². The quantitative estimate of drug-likeness (QED) is 0.272. The molecule has 5 aromatic rings. The summed E-state index contributed by atoms with van der Waals surface area (Å²) in [5.41, 5.74) is 5.54. The fraction of sp³-hybridized carbons (Fsp3) is 0.240. The summed E-state index contributed by atoms with van der Waals surface area (Å²) in [5, 5.41) is 22.7. The average molecular weight is 518 g/mol. The molecule has 3 N–H and O–H groups in total. The van der Waals surface area contributed by atoms with Crippen molar-refractivity contribution in [3.05, 3.63) is 53.4 Å². The number of hydrogen-bond donors (Lipinski definition) is 3. The van der Waals surface area contributed by atoms with E-state index in [0.717, 1.165) is 57.2 Å². The molecule has 3 aromatic heterocycles. The molecule has 0 saturated heterocycles. The minimum absolute atomic E-state index is 0.211. The van der Waals surface area contributed by atoms with Gasteiger partial charge in [0.2, 0.25) is 12.6 Å². The van der Waals surface area contributed by atoms with Crippen molar-refractivity contribution in [1.29, 1.82) is 0 Å². The zero-order chi connectivity index (χ0) is 25.4. The first-order valence-electron chi connectivity index (χ1n) is 11.9. The van der Waals surface area contributed by atoms with Gasteiger partial charge in [-0.25, -0.2) is 9.97 Å². The first-order chi connectivity index (χ1) is 18.1. The zero-order valence-corrected chi connectivity index (χ0v) is 21.0. The Bertz CT molecular complexity index is 1580. The number of aromatic amines is 1. The molecule has 37 heavy (non-hydrogen) atoms. The standard InChI is InChI=1S/C25H24ClN9O2/c1-3-27-20-9-15(4-5-16(20)25-31-33-34-32-25)19-11-22(30-12-29-19)28-6-7-35-14(2)8-17-23(35)18(26)10-21-24(17)37-13-36-21/h4-5,8-12,27H,3,6-7,13H2,1-2H3,(H,28,29,30)(H,31,32,33,34). The first-order valence-corrected chi connectivity index (χ1v) is 12.3. The maximum absolute atomic E-state index is 6.61. The molecule has 0 saturated carbocycles. The first kappa shape index (κ1) is 23.0. The Labute approximate surface area is 217 Å². The lowest BCUT2D eigenvalue weighted by Crippen LogP contribution is -2.12. The van der Waals surface area contributed by atoms with Gasteiger partial charge in [0.25, 0.3) is 0 Å². The Morgan fingerprint density at radius 3 is 2.86 bits per heavy atom. The van der Waals surface area contributed by atoms with E-state index in [1.807, 2.05) is 37.3 Å². The minimum atomic E-state index is 0.211. The topological polar surface area (TPSA) is 128 Å². The third-order valence-electron chi connectivity index (χ3n) is 6.25. The summed E-state index contributed by atoms with van der Waals surface area (Å²) in [7, 11) is 0. The number of ether oxygens (including phenoxy) is 2. The van der Waals surface area contributed by atoms with Gasteiger partial charge >= 0.3 is 0 Å². The molecule has 0 amide bonds. The van der Waals surface area contributed by atoms with Gasteiger partial charge in [0.15, 0.2) is 11.5 Å². The number of rotatable bonds is 8. The summed E-state index contributed by atoms with van der Waals surface area (Å²) < 4.78 is 13.4. The molecule has 12 heteroatoms. The molecular weight excluding hydrogens is 494 g/mol. The van der Waals surface area contributed by atoms with Crippen molar-refractivity contribution >= 4 is 34.0 Å². The van der Waals surface area contributed by atoms with E-state index in [9.17, 15) is 0 Å². The van der Waals surface area contributed by atoms with Gasteiger partial charge in [-0.1, -0.05) is 17.7 Å². The van der Waals surface area contributed by atoms with Gasteiger partial charge in [-0.05, 0) is 37.3 Å². The summed E-state index contributed by atoms with van der Waals surface area (Å²) >= 11 is 6.61. The van der Waals surface area contributed by atoms with Crippen molar-refractivity contribution in [3.63, 3.8) is 0 Å². The van der Waals surface area contributed by atoms with Crippen molar-refractivity contribution in [1.82, 2.24) is 35.2 Å². The van der Waals surface area contributed by atoms with E-state index in [2.05, 4.69) is 58.8 Å². The number of fused-ring (bicyclic) bond motifs is 3. The Balaban J connectivity index is 1.21. The van der Waals surface area contributed by atoms with Crippen LogP contribution in [0.3, 0.4) is 0 Å². The van der Waals surface area contributed by atoms with Crippen LogP contribution < -0.4 is 20.1 Å². The second-order valence-corrected chi connectivity index (χ2v) is 8.94. The maximum Gasteiger partial charge on any atom is 0.231 e. The molecule has 188 valence electrons. The summed E-state index contributed by atoms with van der Waals surface area (Å²) in [6.07, 6.45) is 1.56. The molecular formula is C25H24ClN9O2. The largest absolute Gasteiger partial charge is 0.454 e. The van der Waals surface area contributed by atoms with Crippen LogP contribution in [0.2, 0.25) is 5.02 Å². The summed E-state index contributed by atoms with van der Waals surface area (Å²) in [4.78, 5) is 8.89. The van der Waals surface area contributed by atoms with E-state index in [1.165, 1.54) is 0 Å². The monoisotopic (exact) mass is 517 g/mol. The lowest BCUT2D eigenvalue weighted by Gasteiger charge is -2.13. The van der Waals surface area contributed by atoms with Gasteiger partial charge < -0.3 is 24.7 Å². The van der Waals surface area contributed by atoms with Crippen molar-refractivity contribution in [2.45, 2.75) is 20.4 Å². The van der Waals surface area contributed by atoms with Crippen LogP contribution in [0.5, 0.6) is 11.5 Å². The summed E-state index contributed by atoms with van der Waals surface area (Å²) in [5.74, 6) is 2.69. The fourth-order valence-corrected chi connectivity index (χ4v) is 4.91. The predicted octanol–water partition coefficient (Wildman–Crippen LogP) is 4.51. The lowest BCUT2D eigenvalue weighted by atomic mass is 10.1. The molecule has 1 aliphatic heterocycles. The van der Waals surface area contributed by atoms with Crippen LogP contribution >= 0.6 is 11.6 Å². The maximum atomic E-state index is 6.61. The van der Waals surface area contributed by atoms with Crippen LogP contribution in [0, 0.1) is 6.92 Å². The Morgan fingerprint density at radius 2 is 2.03 bits per heavy atom. The number of H-pyrrole nitrogens is 1. The van der Waals surface area contributed by atoms with Crippen LogP contribution in [-0.4, -0.2) is 55.0 Å². The molecule has 0 spiro atoms. The Morgan fingerprint density at radius 1 is 1.11 bits per heavy atom. The highest BCUT2D eigenvalue weighted by atomic mass is 35.5. The number of tetrazole rings is 1. The molecule has 0 aliphatic carbocycles. The molecule has 0 bridgehead atoms. The van der Waals surface area contributed by atoms with Crippen LogP contribution in [0.15, 0.2) is 42.7 Å². The van der Waals surface area contributed by atoms with Gasteiger partial charge in [0, 0.05) is 59.7 Å². The fourth-order valence-electron chi connectivity index (χ4n) is 4.60. The second kappa shape index (κ2) is 9.58. The third kappa shape index (κ3) is 4.27. The minimum Gasteiger partial charge on any atom is -0.454 e. The lowest BCUT2D eigenvalue weighted by molar-refractivity contribution is 0.175. The molecule has 4 heterocycles. The normalized spacial score (nSPS) is 12.3. The molecule has 2 aromatic carbocycles. The molecule has 11 nitrogen and oxygen atoms in total. The highest BCUT2D eigenvalue weighted by Crippen LogP contribution is 2.44. The van der Waals surface area contributed by atoms with Crippen LogP contribution in [0.25, 0.3) is 33.5 Å². The molecule has 0 unspecified atom stereocenters. The number of benzene rings is 2. The van der Waals surface area contributed by atoms with Gasteiger partial charge in [-0.3, -0.25) is 0 Å². The van der Waals surface area contributed by atoms with E-state index >= 15 is 0 Å². The van der Waals surface area contributed by atoms with E-state index in [0.29, 0.717) is 29.7 Å². The van der Waals surface area contributed by atoms with Crippen molar-refractivity contribution < 1.29 is 9.47 Å². The van der Waals surface area contributed by atoms with E-state index in [1.54, 1.807) is 6.33 Å². The molecule has 0 radical (unpaired) electrons. The highest BCUT2D eigenvalue weighted by Gasteiger charge is 2.22. The Hall–Kier alpha value is -4.38. The number of nitrogens with one attached hydrogen (secondary N) is 3. The third-order valence-corrected chi connectivity index (χ3v) is 6.54. The second-order valence-electron chi connectivity index (χ2n) is 8.53. The van der Waals surface area contributed by atoms with E-state index in [-0.39, 0.29) is 6.79 Å². The van der Waals surface area contributed by atoms with Crippen LogP contribution in [-0.2, 0) is 6.54 Å². The SMILES string of the molecule is CCNc1cc(-c2cc(NCCn3c(C)cc4c5c(cc(Cl)c43)OCO5)ncn2)ccc1-c1nn[nH]n1. The smallest absolute Gasteiger partial charge is 0.231 e. The summed E-state index contributed by atoms with van der Waals surface area (Å²) in [6.45, 7) is 6.40. The molecule has 6 rings (SSSR count). The Kier molecular flexibility index (Phi) is 5.97. The van der Waals surface area contributed by atoms with Crippen molar-refractivity contribution in [3.8, 4) is 34.1 Å². The van der Waals surface area contributed by atoms with Gasteiger partial charge in [-0.15, -0.1) is 10.2 Å². The number of anilines is 2. The number of hydrogen-bond acceptors (Lipinski definition) is 9. The average Bonchev–Trinajstić information content (AvgIpc) is 3.66. The number of aryl methyl sites for hydroxylation is 1. The van der Waals surface area contributed by atoms with Gasteiger partial charge in [0.1, 0.15) is 12.1 Å². The molecule has 0 fully saturated rings. The van der Waals surface area contributed by atoms with Crippen LogP contribution in [0.1, 0.15) is 12.6 Å². The predicted molar refractivity (Wildman–Crippen MR) is 141 cm³/mol.